The predicted octanol–water partition coefficient (Wildman–Crippen LogP) is 1.88. The van der Waals surface area contributed by atoms with Crippen molar-refractivity contribution in [1.29, 1.82) is 0 Å². The molecule has 3 heterocycles. The van der Waals surface area contributed by atoms with E-state index in [1.807, 2.05) is 42.2 Å². The third kappa shape index (κ3) is 3.54. The lowest BCUT2D eigenvalue weighted by Crippen LogP contribution is -2.25. The molecule has 1 aromatic carbocycles. The van der Waals surface area contributed by atoms with Gasteiger partial charge in [-0.1, -0.05) is 0 Å². The Morgan fingerprint density at radius 2 is 2.30 bits per heavy atom. The molecule has 0 spiro atoms. The van der Waals surface area contributed by atoms with Gasteiger partial charge in [-0.3, -0.25) is 4.79 Å². The van der Waals surface area contributed by atoms with Crippen LogP contribution in [0.4, 0.5) is 5.95 Å². The zero-order valence-corrected chi connectivity index (χ0v) is 16.3. The summed E-state index contributed by atoms with van der Waals surface area (Å²) in [4.78, 5) is 24.7. The maximum Gasteiger partial charge on any atom is 0.251 e. The summed E-state index contributed by atoms with van der Waals surface area (Å²) < 4.78 is 2.02. The number of imidazole rings is 1. The molecule has 0 radical (unpaired) electrons. The summed E-state index contributed by atoms with van der Waals surface area (Å²) in [6, 6.07) is 5.60. The smallest absolute Gasteiger partial charge is 0.251 e. The van der Waals surface area contributed by atoms with Gasteiger partial charge in [-0.05, 0) is 31.5 Å². The van der Waals surface area contributed by atoms with Crippen molar-refractivity contribution in [2.75, 3.05) is 24.5 Å². The Morgan fingerprint density at radius 3 is 3.00 bits per heavy atom. The standard InChI is InChI=1S/C19H23N5O2S/c1-12-17(27-11-21-12)5-7-20-18(26)13-3-4-16-15(9-13)22-19(23(16)2)24-8-6-14(25)10-24/h3-4,9,11,14,25H,5-8,10H2,1-2H3,(H,20,26)/t14-/m0/s1. The van der Waals surface area contributed by atoms with Crippen molar-refractivity contribution in [2.45, 2.75) is 25.9 Å². The highest BCUT2D eigenvalue weighted by Crippen LogP contribution is 2.25. The molecular weight excluding hydrogens is 362 g/mol. The molecule has 4 rings (SSSR count). The number of nitrogens with one attached hydrogen (secondary N) is 1. The first-order chi connectivity index (χ1) is 13.0. The van der Waals surface area contributed by atoms with Crippen molar-refractivity contribution in [1.82, 2.24) is 19.9 Å². The van der Waals surface area contributed by atoms with Crippen molar-refractivity contribution in [3.8, 4) is 0 Å². The highest BCUT2D eigenvalue weighted by atomic mass is 32.1. The minimum Gasteiger partial charge on any atom is -0.391 e. The van der Waals surface area contributed by atoms with E-state index in [9.17, 15) is 9.90 Å². The third-order valence-electron chi connectivity index (χ3n) is 5.05. The van der Waals surface area contributed by atoms with Gasteiger partial charge in [-0.2, -0.15) is 0 Å². The van der Waals surface area contributed by atoms with Crippen LogP contribution >= 0.6 is 11.3 Å². The van der Waals surface area contributed by atoms with Crippen LogP contribution in [0.15, 0.2) is 23.7 Å². The first-order valence-corrected chi connectivity index (χ1v) is 9.97. The van der Waals surface area contributed by atoms with E-state index >= 15 is 0 Å². The topological polar surface area (TPSA) is 83.3 Å². The van der Waals surface area contributed by atoms with E-state index in [2.05, 4.69) is 15.2 Å². The Bertz CT molecular complexity index is 980. The number of rotatable bonds is 5. The summed E-state index contributed by atoms with van der Waals surface area (Å²) in [5.74, 6) is 0.739. The van der Waals surface area contributed by atoms with Gasteiger partial charge in [-0.25, -0.2) is 9.97 Å². The van der Waals surface area contributed by atoms with Crippen molar-refractivity contribution >= 4 is 34.2 Å². The van der Waals surface area contributed by atoms with Gasteiger partial charge < -0.3 is 19.9 Å². The fourth-order valence-corrected chi connectivity index (χ4v) is 4.27. The number of amides is 1. The monoisotopic (exact) mass is 385 g/mol. The quantitative estimate of drug-likeness (QED) is 0.701. The number of benzene rings is 1. The SMILES string of the molecule is Cc1ncsc1CCNC(=O)c1ccc2c(c1)nc(N1CC[C@H](O)C1)n2C. The molecule has 2 N–H and O–H groups in total. The van der Waals surface area contributed by atoms with Crippen LogP contribution in [0.2, 0.25) is 0 Å². The second kappa shape index (κ2) is 7.28. The molecule has 0 aliphatic carbocycles. The molecule has 2 aromatic heterocycles. The molecule has 1 aliphatic rings. The second-order valence-electron chi connectivity index (χ2n) is 6.93. The minimum absolute atomic E-state index is 0.0946. The van der Waals surface area contributed by atoms with E-state index < -0.39 is 0 Å². The number of aryl methyl sites for hydroxylation is 2. The molecule has 8 heteroatoms. The average Bonchev–Trinajstić information content (AvgIpc) is 3.35. The van der Waals surface area contributed by atoms with E-state index in [0.29, 0.717) is 18.7 Å². The number of carbonyl (C=O) groups is 1. The number of aliphatic hydroxyl groups is 1. The largest absolute Gasteiger partial charge is 0.391 e. The number of anilines is 1. The second-order valence-corrected chi connectivity index (χ2v) is 7.87. The number of nitrogens with zero attached hydrogens (tertiary/aromatic N) is 4. The van der Waals surface area contributed by atoms with Crippen LogP contribution in [0.5, 0.6) is 0 Å². The number of carbonyl (C=O) groups excluding carboxylic acids is 1. The number of thiazole rings is 1. The third-order valence-corrected chi connectivity index (χ3v) is 6.04. The fourth-order valence-electron chi connectivity index (χ4n) is 3.49. The molecule has 142 valence electrons. The first-order valence-electron chi connectivity index (χ1n) is 9.09. The minimum atomic E-state index is -0.298. The van der Waals surface area contributed by atoms with Crippen LogP contribution in [-0.4, -0.2) is 51.3 Å². The molecule has 7 nitrogen and oxygen atoms in total. The number of hydrogen-bond donors (Lipinski definition) is 2. The van der Waals surface area contributed by atoms with Crippen LogP contribution < -0.4 is 10.2 Å². The summed E-state index contributed by atoms with van der Waals surface area (Å²) in [7, 11) is 1.96. The zero-order valence-electron chi connectivity index (χ0n) is 15.5. The van der Waals surface area contributed by atoms with E-state index in [1.165, 1.54) is 4.88 Å². The highest BCUT2D eigenvalue weighted by molar-refractivity contribution is 7.09. The van der Waals surface area contributed by atoms with Crippen molar-refractivity contribution in [3.05, 3.63) is 39.8 Å². The van der Waals surface area contributed by atoms with Crippen molar-refractivity contribution in [2.24, 2.45) is 7.05 Å². The van der Waals surface area contributed by atoms with Crippen molar-refractivity contribution < 1.29 is 9.90 Å². The van der Waals surface area contributed by atoms with Gasteiger partial charge in [-0.15, -0.1) is 11.3 Å². The van der Waals surface area contributed by atoms with Gasteiger partial charge in [0, 0.05) is 43.5 Å². The Balaban J connectivity index is 1.47. The molecule has 1 aliphatic heterocycles. The number of hydrogen-bond acceptors (Lipinski definition) is 6. The Kier molecular flexibility index (Phi) is 4.84. The summed E-state index contributed by atoms with van der Waals surface area (Å²) in [6.07, 6.45) is 1.25. The number of β-amino-alcohol motifs (C(OH)–C–C–N with tert-alkyl or cyclic N) is 1. The van der Waals surface area contributed by atoms with E-state index in [1.54, 1.807) is 11.3 Å². The molecule has 3 aromatic rings. The van der Waals surface area contributed by atoms with Gasteiger partial charge in [0.25, 0.3) is 5.91 Å². The number of fused-ring (bicyclic) bond motifs is 1. The molecule has 27 heavy (non-hydrogen) atoms. The molecule has 1 fully saturated rings. The summed E-state index contributed by atoms with van der Waals surface area (Å²) >= 11 is 1.62. The Labute approximate surface area is 161 Å². The maximum absolute atomic E-state index is 12.5. The van der Waals surface area contributed by atoms with Gasteiger partial charge in [0.1, 0.15) is 0 Å². The van der Waals surface area contributed by atoms with Gasteiger partial charge in [0.15, 0.2) is 0 Å². The average molecular weight is 385 g/mol. The first kappa shape index (κ1) is 17.9. The van der Waals surface area contributed by atoms with Gasteiger partial charge >= 0.3 is 0 Å². The Hall–Kier alpha value is -2.45. The van der Waals surface area contributed by atoms with Crippen LogP contribution in [0.25, 0.3) is 11.0 Å². The molecule has 0 saturated carbocycles. The van der Waals surface area contributed by atoms with Crippen LogP contribution in [0, 0.1) is 6.92 Å². The van der Waals surface area contributed by atoms with Crippen LogP contribution in [0.1, 0.15) is 27.3 Å². The van der Waals surface area contributed by atoms with Gasteiger partial charge in [0.2, 0.25) is 5.95 Å². The number of aliphatic hydroxyl groups excluding tert-OH is 1. The zero-order chi connectivity index (χ0) is 19.0. The summed E-state index contributed by atoms with van der Waals surface area (Å²) in [5.41, 5.74) is 5.24. The predicted molar refractivity (Wildman–Crippen MR) is 106 cm³/mol. The van der Waals surface area contributed by atoms with Crippen LogP contribution in [-0.2, 0) is 13.5 Å². The lowest BCUT2D eigenvalue weighted by Gasteiger charge is -2.16. The van der Waals surface area contributed by atoms with E-state index in [4.69, 9.17) is 4.98 Å². The molecule has 0 unspecified atom stereocenters. The van der Waals surface area contributed by atoms with Gasteiger partial charge in [0.05, 0.1) is 28.3 Å². The fraction of sp³-hybridized carbons (Fsp3) is 0.421. The van der Waals surface area contributed by atoms with E-state index in [-0.39, 0.29) is 12.0 Å². The highest BCUT2D eigenvalue weighted by Gasteiger charge is 2.24. The van der Waals surface area contributed by atoms with Crippen molar-refractivity contribution in [3.63, 3.8) is 0 Å². The lowest BCUT2D eigenvalue weighted by atomic mass is 10.2. The molecule has 1 amide bonds. The molecular formula is C19H23N5O2S. The van der Waals surface area contributed by atoms with E-state index in [0.717, 1.165) is 42.1 Å². The molecule has 1 atom stereocenters. The summed E-state index contributed by atoms with van der Waals surface area (Å²) in [6.45, 7) is 3.96. The normalized spacial score (nSPS) is 17.0. The van der Waals surface area contributed by atoms with Crippen LogP contribution in [0.3, 0.4) is 0 Å². The lowest BCUT2D eigenvalue weighted by molar-refractivity contribution is 0.0954. The number of aromatic nitrogens is 3. The maximum atomic E-state index is 12.5. The molecule has 1 saturated heterocycles. The summed E-state index contributed by atoms with van der Waals surface area (Å²) in [5, 5.41) is 12.8. The Morgan fingerprint density at radius 1 is 1.44 bits per heavy atom. The molecule has 0 bridgehead atoms.